The summed E-state index contributed by atoms with van der Waals surface area (Å²) in [5.74, 6) is -3.59. The zero-order valence-corrected chi connectivity index (χ0v) is 13.0. The molecule has 7 nitrogen and oxygen atoms in total. The molecule has 1 heterocycles. The molecule has 1 aromatic carbocycles. The fourth-order valence-corrected chi connectivity index (χ4v) is 1.45. The van der Waals surface area contributed by atoms with E-state index in [0.29, 0.717) is 0 Å². The molecule has 2 aromatic rings. The van der Waals surface area contributed by atoms with Crippen LogP contribution in [0, 0.1) is 0 Å². The number of hydrogen-bond acceptors (Lipinski definition) is 4. The topological polar surface area (TPSA) is 97.1 Å². The van der Waals surface area contributed by atoms with E-state index in [2.05, 4.69) is 15.4 Å². The van der Waals surface area contributed by atoms with Gasteiger partial charge in [0, 0.05) is 6.54 Å². The average Bonchev–Trinajstić information content (AvgIpc) is 3.07. The number of carboxylic acid groups (broad SMARTS) is 1. The summed E-state index contributed by atoms with van der Waals surface area (Å²) >= 11 is 4.99. The summed E-state index contributed by atoms with van der Waals surface area (Å²) in [4.78, 5) is 23.7. The van der Waals surface area contributed by atoms with E-state index in [1.807, 2.05) is 12.1 Å². The number of aliphatic carboxylic acids is 1. The zero-order chi connectivity index (χ0) is 19.0. The summed E-state index contributed by atoms with van der Waals surface area (Å²) in [5, 5.41) is 13.5. The highest BCUT2D eigenvalue weighted by Crippen LogP contribution is 2.13. The van der Waals surface area contributed by atoms with E-state index in [9.17, 15) is 22.4 Å². The number of hydrogen-bond donors (Lipinski definition) is 2. The van der Waals surface area contributed by atoms with Crippen LogP contribution in [0.1, 0.15) is 5.56 Å². The van der Waals surface area contributed by atoms with Crippen molar-refractivity contribution >= 4 is 23.5 Å². The Morgan fingerprint density at radius 2 is 1.84 bits per heavy atom. The van der Waals surface area contributed by atoms with Crippen LogP contribution in [0.3, 0.4) is 0 Å². The van der Waals surface area contributed by atoms with Gasteiger partial charge in [-0.3, -0.25) is 4.79 Å². The van der Waals surface area contributed by atoms with Crippen molar-refractivity contribution in [3.63, 3.8) is 0 Å². The van der Waals surface area contributed by atoms with Gasteiger partial charge in [-0.1, -0.05) is 23.7 Å². The van der Waals surface area contributed by atoms with E-state index in [4.69, 9.17) is 21.5 Å². The van der Waals surface area contributed by atoms with Crippen molar-refractivity contribution in [2.24, 2.45) is 0 Å². The number of amides is 1. The first-order chi connectivity index (χ1) is 11.6. The smallest absolute Gasteiger partial charge is 0.475 e. The molecule has 25 heavy (non-hydrogen) atoms. The molecular weight excluding hydrogens is 372 g/mol. The Kier molecular flexibility index (Phi) is 7.30. The fourth-order valence-electron chi connectivity index (χ4n) is 1.37. The van der Waals surface area contributed by atoms with Crippen molar-refractivity contribution in [1.82, 2.24) is 20.1 Å². The lowest BCUT2D eigenvalue weighted by Gasteiger charge is -2.06. The third kappa shape index (κ3) is 7.16. The van der Waals surface area contributed by atoms with Gasteiger partial charge in [0.1, 0.15) is 12.7 Å². The van der Waals surface area contributed by atoms with Crippen LogP contribution >= 0.6 is 11.6 Å². The van der Waals surface area contributed by atoms with Crippen LogP contribution in [0.5, 0.6) is 0 Å². The molecule has 0 fully saturated rings. The van der Waals surface area contributed by atoms with Gasteiger partial charge >= 0.3 is 12.1 Å². The van der Waals surface area contributed by atoms with Crippen LogP contribution < -0.4 is 5.32 Å². The van der Waals surface area contributed by atoms with Gasteiger partial charge in [-0.15, -0.1) is 0 Å². The van der Waals surface area contributed by atoms with E-state index in [-0.39, 0.29) is 6.54 Å². The normalized spacial score (nSPS) is 11.9. The number of carboxylic acids is 1. The van der Waals surface area contributed by atoms with E-state index >= 15 is 0 Å². The van der Waals surface area contributed by atoms with Gasteiger partial charge in [0.05, 0.1) is 5.69 Å². The molecule has 2 rings (SSSR count). The molecule has 1 atom stereocenters. The van der Waals surface area contributed by atoms with Gasteiger partial charge in [-0.25, -0.2) is 18.9 Å². The van der Waals surface area contributed by atoms with E-state index < -0.39 is 23.7 Å². The minimum atomic E-state index is -5.08. The summed E-state index contributed by atoms with van der Waals surface area (Å²) in [7, 11) is 0. The van der Waals surface area contributed by atoms with Crippen molar-refractivity contribution in [3.8, 4) is 5.69 Å². The lowest BCUT2D eigenvalue weighted by molar-refractivity contribution is -0.192. The predicted octanol–water partition coefficient (Wildman–Crippen LogP) is 2.05. The zero-order valence-electron chi connectivity index (χ0n) is 12.2. The van der Waals surface area contributed by atoms with Crippen LogP contribution in [-0.4, -0.2) is 43.6 Å². The molecule has 0 aliphatic carbocycles. The van der Waals surface area contributed by atoms with Crippen molar-refractivity contribution in [2.75, 3.05) is 0 Å². The molecule has 2 N–H and O–H groups in total. The van der Waals surface area contributed by atoms with E-state index in [1.165, 1.54) is 6.33 Å². The maximum absolute atomic E-state index is 12.4. The Morgan fingerprint density at radius 1 is 1.28 bits per heavy atom. The second-order valence-corrected chi connectivity index (χ2v) is 4.71. The van der Waals surface area contributed by atoms with Crippen LogP contribution in [0.25, 0.3) is 5.69 Å². The SMILES string of the molecule is O=C(NCc1ccc(-n2cncn2)cc1)C(F)Cl.O=C(O)C(F)(F)F. The van der Waals surface area contributed by atoms with Crippen LogP contribution in [0.2, 0.25) is 0 Å². The van der Waals surface area contributed by atoms with Gasteiger partial charge < -0.3 is 10.4 Å². The predicted molar refractivity (Wildman–Crippen MR) is 77.6 cm³/mol. The number of carbonyl (C=O) groups excluding carboxylic acids is 1. The minimum absolute atomic E-state index is 0.226. The molecular formula is C13H11ClF4N4O3. The largest absolute Gasteiger partial charge is 0.490 e. The lowest BCUT2D eigenvalue weighted by Crippen LogP contribution is -2.28. The molecule has 0 spiro atoms. The van der Waals surface area contributed by atoms with Crippen LogP contribution in [0.15, 0.2) is 36.9 Å². The lowest BCUT2D eigenvalue weighted by atomic mass is 10.2. The highest BCUT2D eigenvalue weighted by molar-refractivity contribution is 6.29. The number of alkyl halides is 5. The molecule has 0 saturated carbocycles. The molecule has 0 saturated heterocycles. The van der Waals surface area contributed by atoms with Crippen molar-refractivity contribution in [3.05, 3.63) is 42.5 Å². The number of carbonyl (C=O) groups is 2. The number of nitrogens with one attached hydrogen (secondary N) is 1. The van der Waals surface area contributed by atoms with Gasteiger partial charge in [-0.05, 0) is 17.7 Å². The standard InChI is InChI=1S/C11H10ClFN4O.C2HF3O2/c12-10(13)11(18)15-5-8-1-3-9(4-2-8)17-7-14-6-16-17;3-2(4,5)1(6)7/h1-4,6-7,10H,5H2,(H,15,18);(H,6,7). The number of rotatable bonds is 4. The number of halogens is 5. The number of aromatic nitrogens is 3. The van der Waals surface area contributed by atoms with Gasteiger partial charge in [0.25, 0.3) is 11.5 Å². The second kappa shape index (κ2) is 8.97. The first kappa shape index (κ1) is 20.4. The molecule has 1 unspecified atom stereocenters. The second-order valence-electron chi connectivity index (χ2n) is 4.33. The highest BCUT2D eigenvalue weighted by atomic mass is 35.5. The Morgan fingerprint density at radius 3 is 2.24 bits per heavy atom. The summed E-state index contributed by atoms with van der Waals surface area (Å²) in [6.45, 7) is 0.226. The number of benzene rings is 1. The third-order valence-electron chi connectivity index (χ3n) is 2.53. The Balaban J connectivity index is 0.000000381. The monoisotopic (exact) mass is 382 g/mol. The first-order valence-corrected chi connectivity index (χ1v) is 6.85. The quantitative estimate of drug-likeness (QED) is 0.623. The maximum atomic E-state index is 12.4. The Bertz CT molecular complexity index is 690. The summed E-state index contributed by atoms with van der Waals surface area (Å²) in [6.07, 6.45) is -2.06. The van der Waals surface area contributed by atoms with Crippen LogP contribution in [0.4, 0.5) is 17.6 Å². The first-order valence-electron chi connectivity index (χ1n) is 6.41. The van der Waals surface area contributed by atoms with Crippen molar-refractivity contribution < 1.29 is 32.3 Å². The molecule has 0 aliphatic rings. The van der Waals surface area contributed by atoms with Crippen molar-refractivity contribution in [2.45, 2.75) is 18.4 Å². The van der Waals surface area contributed by atoms with Gasteiger partial charge in [-0.2, -0.15) is 18.3 Å². The molecule has 1 aromatic heterocycles. The maximum Gasteiger partial charge on any atom is 0.490 e. The molecule has 0 aliphatic heterocycles. The van der Waals surface area contributed by atoms with Crippen LogP contribution in [-0.2, 0) is 16.1 Å². The van der Waals surface area contributed by atoms with E-state index in [0.717, 1.165) is 11.3 Å². The third-order valence-corrected chi connectivity index (χ3v) is 2.73. The van der Waals surface area contributed by atoms with E-state index in [1.54, 1.807) is 23.1 Å². The molecule has 136 valence electrons. The molecule has 0 bridgehead atoms. The Labute approximate surface area is 143 Å². The molecule has 0 radical (unpaired) electrons. The Hall–Kier alpha value is -2.69. The minimum Gasteiger partial charge on any atom is -0.475 e. The summed E-state index contributed by atoms with van der Waals surface area (Å²) in [6, 6.07) is 7.26. The van der Waals surface area contributed by atoms with Gasteiger partial charge in [0.15, 0.2) is 0 Å². The highest BCUT2D eigenvalue weighted by Gasteiger charge is 2.38. The van der Waals surface area contributed by atoms with Crippen molar-refractivity contribution in [1.29, 1.82) is 0 Å². The molecule has 1 amide bonds. The summed E-state index contributed by atoms with van der Waals surface area (Å²) in [5.41, 5.74) is -0.327. The van der Waals surface area contributed by atoms with Gasteiger partial charge in [0.2, 0.25) is 0 Å². The summed E-state index contributed by atoms with van der Waals surface area (Å²) < 4.78 is 45.7. The average molecular weight is 383 g/mol. The fraction of sp³-hybridized carbons (Fsp3) is 0.231. The molecule has 12 heteroatoms. The number of nitrogens with zero attached hydrogens (tertiary/aromatic N) is 3.